The summed E-state index contributed by atoms with van der Waals surface area (Å²) in [7, 11) is 0. The zero-order chi connectivity index (χ0) is 12.0. The van der Waals surface area contributed by atoms with Gasteiger partial charge in [0.1, 0.15) is 11.7 Å². The highest BCUT2D eigenvalue weighted by atomic mass is 35.5. The van der Waals surface area contributed by atoms with Crippen molar-refractivity contribution in [2.24, 2.45) is 0 Å². The van der Waals surface area contributed by atoms with E-state index in [-0.39, 0.29) is 5.60 Å². The summed E-state index contributed by atoms with van der Waals surface area (Å²) in [6.45, 7) is 3.50. The molecule has 1 aromatic rings. The maximum atomic E-state index is 9.96. The highest BCUT2D eigenvalue weighted by Crippen LogP contribution is 2.48. The lowest BCUT2D eigenvalue weighted by molar-refractivity contribution is -0.121. The normalized spacial score (nSPS) is 37.1. The van der Waals surface area contributed by atoms with Crippen LogP contribution in [-0.4, -0.2) is 24.3 Å². The van der Waals surface area contributed by atoms with E-state index in [0.717, 1.165) is 34.2 Å². The van der Waals surface area contributed by atoms with Crippen molar-refractivity contribution in [2.45, 2.75) is 37.5 Å². The second-order valence-electron chi connectivity index (χ2n) is 4.97. The Hall–Kier alpha value is -0.130. The lowest BCUT2D eigenvalue weighted by atomic mass is 9.82. The molecule has 0 saturated carbocycles. The number of aliphatic hydroxyl groups excluding tert-OH is 1. The predicted octanol–water partition coefficient (Wildman–Crippen LogP) is 2.43. The summed E-state index contributed by atoms with van der Waals surface area (Å²) in [6.07, 6.45) is 1.38. The Labute approximate surface area is 110 Å². The summed E-state index contributed by atoms with van der Waals surface area (Å²) in [4.78, 5) is 1.13. The van der Waals surface area contributed by atoms with E-state index in [9.17, 15) is 5.11 Å². The second kappa shape index (κ2) is 4.21. The molecule has 3 heterocycles. The van der Waals surface area contributed by atoms with Crippen LogP contribution in [0.4, 0.5) is 0 Å². The quantitative estimate of drug-likeness (QED) is 0.763. The molecule has 3 atom stereocenters. The van der Waals surface area contributed by atoms with Gasteiger partial charge in [-0.1, -0.05) is 11.6 Å². The van der Waals surface area contributed by atoms with Gasteiger partial charge in [0.2, 0.25) is 0 Å². The van der Waals surface area contributed by atoms with E-state index in [0.29, 0.717) is 12.6 Å². The average molecular weight is 274 g/mol. The molecule has 0 aliphatic carbocycles. The zero-order valence-corrected chi connectivity index (χ0v) is 11.3. The van der Waals surface area contributed by atoms with Gasteiger partial charge in [-0.2, -0.15) is 0 Å². The molecule has 3 rings (SSSR count). The zero-order valence-electron chi connectivity index (χ0n) is 9.70. The van der Waals surface area contributed by atoms with Gasteiger partial charge in [-0.05, 0) is 32.4 Å². The van der Waals surface area contributed by atoms with E-state index in [2.05, 4.69) is 12.2 Å². The van der Waals surface area contributed by atoms with Crippen molar-refractivity contribution in [1.82, 2.24) is 5.32 Å². The van der Waals surface area contributed by atoms with Crippen LogP contribution in [0.2, 0.25) is 4.34 Å². The molecular weight excluding hydrogens is 258 g/mol. The third-order valence-electron chi connectivity index (χ3n) is 3.68. The van der Waals surface area contributed by atoms with E-state index in [4.69, 9.17) is 16.3 Å². The summed E-state index contributed by atoms with van der Waals surface area (Å²) in [6, 6.07) is 2.33. The minimum Gasteiger partial charge on any atom is -0.386 e. The number of thiophene rings is 1. The lowest BCUT2D eigenvalue weighted by Gasteiger charge is -2.43. The van der Waals surface area contributed by atoms with Crippen LogP contribution in [0, 0.1) is 0 Å². The predicted molar refractivity (Wildman–Crippen MR) is 68.6 cm³/mol. The van der Waals surface area contributed by atoms with Crippen LogP contribution in [0.25, 0.3) is 0 Å². The van der Waals surface area contributed by atoms with E-state index < -0.39 is 6.10 Å². The molecule has 2 aliphatic heterocycles. The first-order valence-corrected chi connectivity index (χ1v) is 7.15. The Kier molecular flexibility index (Phi) is 2.96. The number of nitrogens with one attached hydrogen (secondary N) is 1. The van der Waals surface area contributed by atoms with Crippen LogP contribution in [0.5, 0.6) is 0 Å². The largest absolute Gasteiger partial charge is 0.386 e. The highest BCUT2D eigenvalue weighted by molar-refractivity contribution is 7.16. The molecule has 5 heteroatoms. The van der Waals surface area contributed by atoms with Crippen LogP contribution in [0.15, 0.2) is 6.07 Å². The third kappa shape index (κ3) is 1.92. The number of fused-ring (bicyclic) bond motifs is 2. The third-order valence-corrected chi connectivity index (χ3v) is 5.14. The van der Waals surface area contributed by atoms with E-state index >= 15 is 0 Å². The molecule has 1 saturated heterocycles. The molecule has 0 aromatic carbocycles. The number of hydrogen-bond donors (Lipinski definition) is 2. The second-order valence-corrected chi connectivity index (χ2v) is 6.65. The molecule has 2 unspecified atom stereocenters. The Morgan fingerprint density at radius 2 is 2.47 bits per heavy atom. The molecule has 0 bridgehead atoms. The number of ether oxygens (including phenoxy) is 1. The molecule has 0 amide bonds. The Morgan fingerprint density at radius 1 is 1.65 bits per heavy atom. The molecule has 2 aliphatic rings. The maximum absolute atomic E-state index is 9.96. The number of rotatable bonds is 0. The maximum Gasteiger partial charge on any atom is 0.105 e. The fraction of sp³-hybridized carbons (Fsp3) is 0.667. The molecule has 0 radical (unpaired) electrons. The van der Waals surface area contributed by atoms with Crippen LogP contribution in [-0.2, 0) is 10.3 Å². The lowest BCUT2D eigenvalue weighted by Crippen LogP contribution is -2.48. The van der Waals surface area contributed by atoms with Crippen molar-refractivity contribution in [1.29, 1.82) is 0 Å². The molecule has 94 valence electrons. The summed E-state index contributed by atoms with van der Waals surface area (Å²) in [5.41, 5.74) is 0.747. The molecular formula is C12H16ClNO2S. The molecule has 1 fully saturated rings. The van der Waals surface area contributed by atoms with Crippen molar-refractivity contribution in [3.63, 3.8) is 0 Å². The summed E-state index contributed by atoms with van der Waals surface area (Å²) >= 11 is 7.65. The van der Waals surface area contributed by atoms with Crippen LogP contribution < -0.4 is 5.32 Å². The van der Waals surface area contributed by atoms with E-state index in [1.165, 1.54) is 0 Å². The molecule has 1 aromatic heterocycles. The van der Waals surface area contributed by atoms with Crippen molar-refractivity contribution < 1.29 is 9.84 Å². The van der Waals surface area contributed by atoms with Gasteiger partial charge < -0.3 is 15.2 Å². The van der Waals surface area contributed by atoms with Gasteiger partial charge in [0.15, 0.2) is 0 Å². The number of aliphatic hydroxyl groups is 1. The first-order chi connectivity index (χ1) is 8.11. The first kappa shape index (κ1) is 11.9. The number of hydrogen-bond acceptors (Lipinski definition) is 4. The Morgan fingerprint density at radius 3 is 3.24 bits per heavy atom. The van der Waals surface area contributed by atoms with Crippen LogP contribution >= 0.6 is 22.9 Å². The summed E-state index contributed by atoms with van der Waals surface area (Å²) < 4.78 is 6.73. The summed E-state index contributed by atoms with van der Waals surface area (Å²) in [5, 5.41) is 13.4. The minimum absolute atomic E-state index is 0.225. The minimum atomic E-state index is -0.524. The molecule has 17 heavy (non-hydrogen) atoms. The topological polar surface area (TPSA) is 41.5 Å². The average Bonchev–Trinajstić information content (AvgIpc) is 2.68. The van der Waals surface area contributed by atoms with Gasteiger partial charge in [0, 0.05) is 16.5 Å². The Bertz CT molecular complexity index is 436. The van der Waals surface area contributed by atoms with Gasteiger partial charge in [-0.3, -0.25) is 0 Å². The number of piperidine rings is 1. The van der Waals surface area contributed by atoms with E-state index in [1.807, 2.05) is 6.07 Å². The molecule has 3 nitrogen and oxygen atoms in total. The molecule has 2 N–H and O–H groups in total. The highest BCUT2D eigenvalue weighted by Gasteiger charge is 2.44. The molecule has 1 spiro atoms. The standard InChI is InChI=1S/C12H16ClNO2S/c1-7-5-12(2-3-14-7)11-8(4-10(13)17-11)9(15)6-16-12/h4,7,9,14-15H,2-3,5-6H2,1H3/t7-,9?,12?/m0/s1. The van der Waals surface area contributed by atoms with Crippen molar-refractivity contribution >= 4 is 22.9 Å². The smallest absolute Gasteiger partial charge is 0.105 e. The van der Waals surface area contributed by atoms with Gasteiger partial charge in [0.05, 0.1) is 10.9 Å². The van der Waals surface area contributed by atoms with Gasteiger partial charge in [-0.25, -0.2) is 0 Å². The Balaban J connectivity index is 2.04. The van der Waals surface area contributed by atoms with Gasteiger partial charge >= 0.3 is 0 Å². The first-order valence-electron chi connectivity index (χ1n) is 5.96. The van der Waals surface area contributed by atoms with Crippen LogP contribution in [0.3, 0.4) is 0 Å². The van der Waals surface area contributed by atoms with Crippen molar-refractivity contribution in [3.8, 4) is 0 Å². The summed E-state index contributed by atoms with van der Waals surface area (Å²) in [5.74, 6) is 0. The van der Waals surface area contributed by atoms with Crippen molar-refractivity contribution in [2.75, 3.05) is 13.2 Å². The monoisotopic (exact) mass is 273 g/mol. The number of halogens is 1. The van der Waals surface area contributed by atoms with Crippen molar-refractivity contribution in [3.05, 3.63) is 20.8 Å². The van der Waals surface area contributed by atoms with Gasteiger partial charge in [0.25, 0.3) is 0 Å². The fourth-order valence-corrected chi connectivity index (χ4v) is 4.37. The SMILES string of the molecule is C[C@H]1CC2(CCN1)OCC(O)c1cc(Cl)sc12. The fourth-order valence-electron chi connectivity index (χ4n) is 2.90. The van der Waals surface area contributed by atoms with Crippen LogP contribution in [0.1, 0.15) is 36.3 Å². The van der Waals surface area contributed by atoms with E-state index in [1.54, 1.807) is 11.3 Å². The van der Waals surface area contributed by atoms with Gasteiger partial charge in [-0.15, -0.1) is 11.3 Å².